The number of carbonyl (C=O) groups is 4. The summed E-state index contributed by atoms with van der Waals surface area (Å²) in [4.78, 5) is 43.7. The van der Waals surface area contributed by atoms with Crippen molar-refractivity contribution < 1.29 is 29.0 Å². The van der Waals surface area contributed by atoms with E-state index >= 15 is 0 Å². The van der Waals surface area contributed by atoms with Gasteiger partial charge in [-0.05, 0) is 89.4 Å². The Morgan fingerprint density at radius 2 is 1.49 bits per heavy atom. The Labute approximate surface area is 208 Å². The second-order valence-electron chi connectivity index (χ2n) is 11.2. The van der Waals surface area contributed by atoms with Crippen LogP contribution < -0.4 is 5.32 Å². The van der Waals surface area contributed by atoms with E-state index in [-0.39, 0.29) is 35.2 Å². The minimum atomic E-state index is -0.607. The molecule has 2 saturated carbocycles. The van der Waals surface area contributed by atoms with Crippen molar-refractivity contribution in [2.75, 3.05) is 0 Å². The predicted molar refractivity (Wildman–Crippen MR) is 132 cm³/mol. The van der Waals surface area contributed by atoms with Gasteiger partial charge in [-0.15, -0.1) is 0 Å². The Kier molecular flexibility index (Phi) is 8.73. The van der Waals surface area contributed by atoms with Crippen molar-refractivity contribution in [3.63, 3.8) is 0 Å². The number of fused-ring (bicyclic) bond motifs is 4. The number of imide groups is 1. The normalized spacial score (nSPS) is 32.1. The summed E-state index contributed by atoms with van der Waals surface area (Å²) in [6, 6.07) is 0. The molecular formula is C28H39NO6. The summed E-state index contributed by atoms with van der Waals surface area (Å²) < 4.78 is 5.46. The van der Waals surface area contributed by atoms with E-state index in [1.165, 1.54) is 18.9 Å². The summed E-state index contributed by atoms with van der Waals surface area (Å²) in [6.45, 7) is 7.63. The van der Waals surface area contributed by atoms with Gasteiger partial charge in [-0.2, -0.15) is 0 Å². The third-order valence-corrected chi connectivity index (χ3v) is 7.39. The maximum Gasteiger partial charge on any atom is 0.310 e. The maximum atomic E-state index is 11.9. The van der Waals surface area contributed by atoms with Crippen LogP contribution in [-0.4, -0.2) is 34.5 Å². The zero-order valence-corrected chi connectivity index (χ0v) is 21.3. The maximum absolute atomic E-state index is 11.9. The molecule has 6 atom stereocenters. The van der Waals surface area contributed by atoms with Crippen LogP contribution in [0.4, 0.5) is 0 Å². The summed E-state index contributed by atoms with van der Waals surface area (Å²) >= 11 is 0. The van der Waals surface area contributed by atoms with Gasteiger partial charge < -0.3 is 9.84 Å². The number of esters is 1. The van der Waals surface area contributed by atoms with Crippen LogP contribution in [0.25, 0.3) is 0 Å². The average molecular weight is 486 g/mol. The van der Waals surface area contributed by atoms with Crippen LogP contribution in [-0.2, 0) is 23.9 Å². The van der Waals surface area contributed by atoms with E-state index in [9.17, 15) is 19.2 Å². The Hall–Kier alpha value is -2.70. The second-order valence-corrected chi connectivity index (χ2v) is 11.2. The van der Waals surface area contributed by atoms with Gasteiger partial charge in [0.2, 0.25) is 0 Å². The standard InChI is InChI=1S/C13H20O2.C9H12O2.C6H7NO2/c1-13(2,3)15-12(14)11-8-9-4-6-10(11)7-5-9;10-9(11)8-5-6-1-3-7(8)4-2-6;1-2-4-3-5(8)7-6(4)9/h4,6,9-11H,5,7-8H2,1-3H3;1,3,6-8H,2,4-5H2,(H,10,11);3H,2H2,1H3,(H,7,8,9). The zero-order chi connectivity index (χ0) is 25.8. The quantitative estimate of drug-likeness (QED) is 0.344. The fourth-order valence-electron chi connectivity index (χ4n) is 5.51. The van der Waals surface area contributed by atoms with E-state index in [0.29, 0.717) is 35.7 Å². The van der Waals surface area contributed by atoms with E-state index in [1.54, 1.807) is 0 Å². The van der Waals surface area contributed by atoms with Crippen LogP contribution in [0.2, 0.25) is 0 Å². The highest BCUT2D eigenvalue weighted by molar-refractivity contribution is 6.16. The molecule has 4 bridgehead atoms. The van der Waals surface area contributed by atoms with Crippen LogP contribution in [0, 0.1) is 35.5 Å². The molecule has 2 N–H and O–H groups in total. The van der Waals surface area contributed by atoms with E-state index < -0.39 is 5.97 Å². The first-order chi connectivity index (χ1) is 16.5. The number of aliphatic carboxylic acids is 1. The molecule has 0 spiro atoms. The molecule has 0 aromatic carbocycles. The van der Waals surface area contributed by atoms with Crippen LogP contribution in [0.1, 0.15) is 72.6 Å². The second kappa shape index (κ2) is 11.4. The lowest BCUT2D eigenvalue weighted by Gasteiger charge is -2.37. The first-order valence-corrected chi connectivity index (χ1v) is 12.8. The first kappa shape index (κ1) is 26.9. The van der Waals surface area contributed by atoms with Crippen molar-refractivity contribution >= 4 is 23.8 Å². The molecular weight excluding hydrogens is 446 g/mol. The van der Waals surface area contributed by atoms with Crippen molar-refractivity contribution in [2.24, 2.45) is 35.5 Å². The lowest BCUT2D eigenvalue weighted by atomic mass is 9.69. The summed E-state index contributed by atoms with van der Waals surface area (Å²) in [5.74, 6) is 0.827. The third-order valence-electron chi connectivity index (χ3n) is 7.39. The van der Waals surface area contributed by atoms with Gasteiger partial charge in [0, 0.05) is 11.6 Å². The number of carboxylic acid groups (broad SMARTS) is 1. The van der Waals surface area contributed by atoms with Crippen LogP contribution >= 0.6 is 0 Å². The molecule has 192 valence electrons. The zero-order valence-electron chi connectivity index (χ0n) is 21.3. The molecule has 35 heavy (non-hydrogen) atoms. The highest BCUT2D eigenvalue weighted by Gasteiger charge is 2.38. The minimum Gasteiger partial charge on any atom is -0.481 e. The van der Waals surface area contributed by atoms with Crippen molar-refractivity contribution in [1.82, 2.24) is 5.32 Å². The Morgan fingerprint density at radius 3 is 1.74 bits per heavy atom. The van der Waals surface area contributed by atoms with Crippen molar-refractivity contribution in [2.45, 2.75) is 78.2 Å². The minimum absolute atomic E-state index is 0.00144. The largest absolute Gasteiger partial charge is 0.481 e. The van der Waals surface area contributed by atoms with Gasteiger partial charge >= 0.3 is 11.9 Å². The number of carbonyl (C=O) groups excluding carboxylic acids is 3. The summed E-state index contributed by atoms with van der Waals surface area (Å²) in [7, 11) is 0. The summed E-state index contributed by atoms with van der Waals surface area (Å²) in [5.41, 5.74) is 0.220. The Bertz CT molecular complexity index is 924. The molecule has 7 aliphatic rings. The van der Waals surface area contributed by atoms with Gasteiger partial charge in [0.05, 0.1) is 11.8 Å². The molecule has 0 aromatic rings. The van der Waals surface area contributed by atoms with E-state index in [1.807, 2.05) is 27.7 Å². The molecule has 1 aliphatic heterocycles. The Balaban J connectivity index is 0.000000152. The lowest BCUT2D eigenvalue weighted by molar-refractivity contribution is -0.163. The topological polar surface area (TPSA) is 110 Å². The smallest absolute Gasteiger partial charge is 0.310 e. The Morgan fingerprint density at radius 1 is 0.943 bits per heavy atom. The highest BCUT2D eigenvalue weighted by Crippen LogP contribution is 2.41. The molecule has 0 aromatic heterocycles. The van der Waals surface area contributed by atoms with Gasteiger partial charge in [-0.25, -0.2) is 0 Å². The molecule has 6 unspecified atom stereocenters. The number of hydrogen-bond acceptors (Lipinski definition) is 5. The average Bonchev–Trinajstić information content (AvgIpc) is 3.17. The van der Waals surface area contributed by atoms with E-state index in [4.69, 9.17) is 9.84 Å². The third kappa shape index (κ3) is 7.39. The summed E-state index contributed by atoms with van der Waals surface area (Å²) in [5, 5.41) is 11.0. The van der Waals surface area contributed by atoms with Gasteiger partial charge in [0.1, 0.15) is 5.60 Å². The number of rotatable bonds is 3. The van der Waals surface area contributed by atoms with Crippen molar-refractivity contribution in [3.8, 4) is 0 Å². The van der Waals surface area contributed by atoms with E-state index in [0.717, 1.165) is 25.7 Å². The fraction of sp³-hybridized carbons (Fsp3) is 0.643. The van der Waals surface area contributed by atoms with Crippen LogP contribution in [0.5, 0.6) is 0 Å². The molecule has 7 rings (SSSR count). The number of hydrogen-bond donors (Lipinski definition) is 2. The molecule has 7 heteroatoms. The van der Waals surface area contributed by atoms with Crippen LogP contribution in [0.3, 0.4) is 0 Å². The lowest BCUT2D eigenvalue weighted by Crippen LogP contribution is -2.37. The number of amides is 2. The summed E-state index contributed by atoms with van der Waals surface area (Å²) in [6.07, 6.45) is 17.3. The predicted octanol–water partition coefficient (Wildman–Crippen LogP) is 4.58. The van der Waals surface area contributed by atoms with Crippen molar-refractivity contribution in [1.29, 1.82) is 0 Å². The van der Waals surface area contributed by atoms with Gasteiger partial charge in [0.25, 0.3) is 11.8 Å². The monoisotopic (exact) mass is 485 g/mol. The number of nitrogens with one attached hydrogen (secondary N) is 1. The van der Waals surface area contributed by atoms with E-state index in [2.05, 4.69) is 29.6 Å². The van der Waals surface area contributed by atoms with Crippen molar-refractivity contribution in [3.05, 3.63) is 36.0 Å². The SMILES string of the molecule is CC(C)(C)OC(=O)C1CC2C=CC1CC2.CCC1=CC(=O)NC1=O.O=C(O)C1CC2C=CC1CC2. The first-order valence-electron chi connectivity index (χ1n) is 12.8. The van der Waals surface area contributed by atoms with Gasteiger partial charge in [-0.1, -0.05) is 31.2 Å². The van der Waals surface area contributed by atoms with Gasteiger partial charge in [-0.3, -0.25) is 24.5 Å². The van der Waals surface area contributed by atoms with Crippen LogP contribution in [0.15, 0.2) is 36.0 Å². The van der Waals surface area contributed by atoms with Gasteiger partial charge in [0.15, 0.2) is 0 Å². The molecule has 0 radical (unpaired) electrons. The molecule has 7 nitrogen and oxygen atoms in total. The number of allylic oxidation sites excluding steroid dienone is 4. The number of carboxylic acids is 1. The molecule has 2 fully saturated rings. The highest BCUT2D eigenvalue weighted by atomic mass is 16.6. The fourth-order valence-corrected chi connectivity index (χ4v) is 5.51. The molecule has 2 amide bonds. The number of ether oxygens (including phenoxy) is 1. The molecule has 6 aliphatic carbocycles. The molecule has 1 heterocycles. The molecule has 0 saturated heterocycles.